The summed E-state index contributed by atoms with van der Waals surface area (Å²) in [5, 5.41) is 15.1. The number of pyridine rings is 1. The topological polar surface area (TPSA) is 128 Å². The van der Waals surface area contributed by atoms with Gasteiger partial charge in [0.1, 0.15) is 11.4 Å². The Morgan fingerprint density at radius 1 is 1.17 bits per heavy atom. The van der Waals surface area contributed by atoms with E-state index in [9.17, 15) is 12.8 Å². The Kier molecular flexibility index (Phi) is 5.68. The fourth-order valence-electron chi connectivity index (χ4n) is 3.35. The van der Waals surface area contributed by atoms with E-state index in [1.54, 1.807) is 12.1 Å². The minimum Gasteiger partial charge on any atom is -0.479 e. The number of fused-ring (bicyclic) bond motifs is 1. The molecule has 5 rings (SSSR count). The van der Waals surface area contributed by atoms with Crippen LogP contribution in [-0.4, -0.2) is 45.7 Å². The number of rotatable bonds is 6. The Morgan fingerprint density at radius 3 is 2.77 bits per heavy atom. The third kappa shape index (κ3) is 4.21. The number of methoxy groups -OCH3 is 1. The molecule has 2 aromatic carbocycles. The number of nitrogens with zero attached hydrogens (tertiary/aromatic N) is 5. The van der Waals surface area contributed by atoms with Gasteiger partial charge in [0.25, 0.3) is 10.0 Å². The third-order valence-corrected chi connectivity index (χ3v) is 6.87. The van der Waals surface area contributed by atoms with Gasteiger partial charge in [-0.15, -0.1) is 10.2 Å². The molecule has 0 aliphatic rings. The molecule has 0 aliphatic carbocycles. The predicted molar refractivity (Wildman–Crippen MR) is 126 cm³/mol. The van der Waals surface area contributed by atoms with Crippen molar-refractivity contribution >= 4 is 42.7 Å². The van der Waals surface area contributed by atoms with E-state index in [1.807, 2.05) is 0 Å². The van der Waals surface area contributed by atoms with Crippen molar-refractivity contribution in [2.24, 2.45) is 0 Å². The van der Waals surface area contributed by atoms with Gasteiger partial charge in [-0.3, -0.25) is 9.82 Å². The van der Waals surface area contributed by atoms with E-state index >= 15 is 4.39 Å². The number of aromatic amines is 1. The van der Waals surface area contributed by atoms with Crippen molar-refractivity contribution in [1.82, 2.24) is 30.2 Å². The number of H-pyrrole nitrogens is 1. The molecule has 0 fully saturated rings. The Bertz CT molecular complexity index is 1690. The summed E-state index contributed by atoms with van der Waals surface area (Å²) >= 11 is 3.20. The van der Waals surface area contributed by atoms with E-state index in [0.717, 1.165) is 16.8 Å². The maximum absolute atomic E-state index is 15.3. The number of hydrogen-bond acceptors (Lipinski definition) is 7. The van der Waals surface area contributed by atoms with Crippen LogP contribution in [0.25, 0.3) is 28.0 Å². The van der Waals surface area contributed by atoms with Gasteiger partial charge in [0.15, 0.2) is 17.3 Å². The van der Waals surface area contributed by atoms with Gasteiger partial charge >= 0.3 is 0 Å². The molecular formula is C21H14BrF2N7O3S. The molecule has 3 aromatic heterocycles. The van der Waals surface area contributed by atoms with Crippen LogP contribution in [0.2, 0.25) is 0 Å². The first-order valence-corrected chi connectivity index (χ1v) is 12.1. The van der Waals surface area contributed by atoms with Crippen LogP contribution in [0, 0.1) is 11.6 Å². The highest BCUT2D eigenvalue weighted by Gasteiger charge is 2.22. The molecule has 0 saturated carbocycles. The van der Waals surface area contributed by atoms with Crippen LogP contribution in [0.5, 0.6) is 5.88 Å². The van der Waals surface area contributed by atoms with Crippen molar-refractivity contribution in [3.05, 3.63) is 71.0 Å². The quantitative estimate of drug-likeness (QED) is 0.320. The molecule has 0 amide bonds. The lowest BCUT2D eigenvalue weighted by atomic mass is 10.2. The molecular weight excluding hydrogens is 548 g/mol. The van der Waals surface area contributed by atoms with Crippen LogP contribution in [0.3, 0.4) is 0 Å². The highest BCUT2D eigenvalue weighted by Crippen LogP contribution is 2.29. The number of halogens is 3. The predicted octanol–water partition coefficient (Wildman–Crippen LogP) is 4.06. The second-order valence-corrected chi connectivity index (χ2v) is 9.82. The lowest BCUT2D eigenvalue weighted by Gasteiger charge is -2.12. The second-order valence-electron chi connectivity index (χ2n) is 7.22. The van der Waals surface area contributed by atoms with Crippen LogP contribution >= 0.6 is 15.9 Å². The van der Waals surface area contributed by atoms with Crippen LogP contribution < -0.4 is 9.46 Å². The Balaban J connectivity index is 1.51. The number of anilines is 1. The minimum absolute atomic E-state index is 0.0993. The standard InChI is InChI=1S/C21H14BrF2N7O3S/c1-34-21-14-7-11(9-25-20(14)27-28-21)17-10-31(30-26-17)19-15(23)5-6-16(18(19)24)29-35(32,33)13-4-2-3-12(22)8-13/h2-10,29H,1H3,(H,25,27,28). The first-order valence-electron chi connectivity index (χ1n) is 9.84. The van der Waals surface area contributed by atoms with Crippen molar-refractivity contribution in [3.8, 4) is 22.8 Å². The number of aromatic nitrogens is 6. The van der Waals surface area contributed by atoms with Gasteiger partial charge in [0, 0.05) is 16.2 Å². The summed E-state index contributed by atoms with van der Waals surface area (Å²) in [5.41, 5.74) is 0.190. The summed E-state index contributed by atoms with van der Waals surface area (Å²) in [6.45, 7) is 0. The molecule has 0 radical (unpaired) electrons. The zero-order valence-electron chi connectivity index (χ0n) is 17.7. The highest BCUT2D eigenvalue weighted by atomic mass is 79.9. The molecule has 0 spiro atoms. The fraction of sp³-hybridized carbons (Fsp3) is 0.0476. The molecule has 3 heterocycles. The molecule has 35 heavy (non-hydrogen) atoms. The highest BCUT2D eigenvalue weighted by molar-refractivity contribution is 9.10. The molecule has 0 aliphatic heterocycles. The van der Waals surface area contributed by atoms with Gasteiger partial charge in [-0.2, -0.15) is 0 Å². The van der Waals surface area contributed by atoms with Crippen molar-refractivity contribution in [1.29, 1.82) is 0 Å². The van der Waals surface area contributed by atoms with E-state index in [4.69, 9.17) is 4.74 Å². The Hall–Kier alpha value is -3.91. The lowest BCUT2D eigenvalue weighted by molar-refractivity contribution is 0.401. The van der Waals surface area contributed by atoms with Crippen molar-refractivity contribution in [2.75, 3.05) is 11.8 Å². The Morgan fingerprint density at radius 2 is 2.00 bits per heavy atom. The molecule has 14 heteroatoms. The van der Waals surface area contributed by atoms with Crippen LogP contribution in [0.15, 0.2) is 64.2 Å². The van der Waals surface area contributed by atoms with Gasteiger partial charge in [-0.05, 0) is 36.4 Å². The number of sulfonamides is 1. The summed E-state index contributed by atoms with van der Waals surface area (Å²) in [4.78, 5) is 4.13. The van der Waals surface area contributed by atoms with Gasteiger partial charge in [0.2, 0.25) is 5.88 Å². The molecule has 0 unspecified atom stereocenters. The van der Waals surface area contributed by atoms with E-state index < -0.39 is 33.0 Å². The smallest absolute Gasteiger partial charge is 0.262 e. The lowest BCUT2D eigenvalue weighted by Crippen LogP contribution is -2.15. The molecule has 0 saturated heterocycles. The normalized spacial score (nSPS) is 11.7. The molecule has 0 atom stereocenters. The van der Waals surface area contributed by atoms with Crippen LogP contribution in [-0.2, 0) is 10.0 Å². The third-order valence-electron chi connectivity index (χ3n) is 5.01. The molecule has 5 aromatic rings. The van der Waals surface area contributed by atoms with Crippen LogP contribution in [0.1, 0.15) is 0 Å². The zero-order chi connectivity index (χ0) is 24.7. The minimum atomic E-state index is -4.15. The number of ether oxygens (including phenoxy) is 1. The molecule has 178 valence electrons. The van der Waals surface area contributed by atoms with Crippen LogP contribution in [0.4, 0.5) is 14.5 Å². The molecule has 0 bridgehead atoms. The summed E-state index contributed by atoms with van der Waals surface area (Å²) in [6, 6.07) is 9.48. The fourth-order valence-corrected chi connectivity index (χ4v) is 5.01. The van der Waals surface area contributed by atoms with Gasteiger partial charge < -0.3 is 4.74 Å². The van der Waals surface area contributed by atoms with E-state index in [1.165, 1.54) is 37.7 Å². The first-order chi connectivity index (χ1) is 16.8. The Labute approximate surface area is 205 Å². The second kappa shape index (κ2) is 8.70. The molecule has 10 nitrogen and oxygen atoms in total. The average molecular weight is 562 g/mol. The van der Waals surface area contributed by atoms with E-state index in [2.05, 4.69) is 46.1 Å². The maximum Gasteiger partial charge on any atom is 0.262 e. The number of hydrogen-bond donors (Lipinski definition) is 2. The average Bonchev–Trinajstić information content (AvgIpc) is 3.48. The van der Waals surface area contributed by atoms with Gasteiger partial charge in [0.05, 0.1) is 29.3 Å². The summed E-state index contributed by atoms with van der Waals surface area (Å²) in [5.74, 6) is -1.80. The summed E-state index contributed by atoms with van der Waals surface area (Å²) in [7, 11) is -2.69. The van der Waals surface area contributed by atoms with Crippen molar-refractivity contribution < 1.29 is 21.9 Å². The summed E-state index contributed by atoms with van der Waals surface area (Å²) in [6.07, 6.45) is 2.78. The van der Waals surface area contributed by atoms with Gasteiger partial charge in [-0.25, -0.2) is 26.9 Å². The van der Waals surface area contributed by atoms with Gasteiger partial charge in [-0.1, -0.05) is 27.2 Å². The monoisotopic (exact) mass is 561 g/mol. The zero-order valence-corrected chi connectivity index (χ0v) is 20.1. The molecule has 2 N–H and O–H groups in total. The SMILES string of the molecule is COc1n[nH]c2ncc(-c3cn(-c4c(F)ccc(NS(=O)(=O)c5cccc(Br)c5)c4F)nn3)cc12. The van der Waals surface area contributed by atoms with Crippen molar-refractivity contribution in [2.45, 2.75) is 4.90 Å². The van der Waals surface area contributed by atoms with E-state index in [0.29, 0.717) is 26.9 Å². The summed E-state index contributed by atoms with van der Waals surface area (Å²) < 4.78 is 64.1. The van der Waals surface area contributed by atoms with Crippen molar-refractivity contribution in [3.63, 3.8) is 0 Å². The number of nitrogens with one attached hydrogen (secondary N) is 2. The largest absolute Gasteiger partial charge is 0.479 e. The number of benzene rings is 2. The van der Waals surface area contributed by atoms with E-state index in [-0.39, 0.29) is 10.6 Å². The first kappa shape index (κ1) is 22.9. The maximum atomic E-state index is 15.3.